The lowest BCUT2D eigenvalue weighted by Crippen LogP contribution is -2.56. The molecule has 0 aromatic heterocycles. The van der Waals surface area contributed by atoms with Crippen LogP contribution in [0, 0.1) is 5.92 Å². The lowest BCUT2D eigenvalue weighted by molar-refractivity contribution is -0.177. The van der Waals surface area contributed by atoms with Crippen molar-refractivity contribution in [2.24, 2.45) is 5.92 Å². The van der Waals surface area contributed by atoms with Crippen LogP contribution in [0.4, 0.5) is 0 Å². The third-order valence-electron chi connectivity index (χ3n) is 6.01. The fraction of sp³-hybridized carbons (Fsp3) is 0.545. The van der Waals surface area contributed by atoms with E-state index in [-0.39, 0.29) is 24.5 Å². The predicted octanol–water partition coefficient (Wildman–Crippen LogP) is 6.26. The number of Topliss-reactive ketones (excluding diaryl/α,β-unsaturated/α-hetero) is 1. The van der Waals surface area contributed by atoms with Crippen LogP contribution in [0.25, 0.3) is 0 Å². The summed E-state index contributed by atoms with van der Waals surface area (Å²) in [6, 6.07) is -0.964. The van der Waals surface area contributed by atoms with E-state index in [9.17, 15) is 34.2 Å². The molecule has 0 aliphatic carbocycles. The fourth-order valence-electron chi connectivity index (χ4n) is 3.92. The molecule has 9 nitrogen and oxygen atoms in total. The van der Waals surface area contributed by atoms with Crippen LogP contribution in [-0.4, -0.2) is 51.5 Å². The predicted molar refractivity (Wildman–Crippen MR) is 164 cm³/mol. The smallest absolute Gasteiger partial charge is 0.308 e. The first-order valence-electron chi connectivity index (χ1n) is 14.6. The Hall–Kier alpha value is -3.75. The van der Waals surface area contributed by atoms with Crippen LogP contribution >= 0.6 is 0 Å². The Labute approximate surface area is 250 Å². The van der Waals surface area contributed by atoms with E-state index in [0.29, 0.717) is 12.8 Å². The topological polar surface area (TPSA) is 147 Å². The number of unbranched alkanes of at least 4 members (excludes halogenated alkanes) is 1. The Morgan fingerprint density at radius 3 is 1.62 bits per heavy atom. The number of carbonyl (C=O) groups excluding carboxylic acids is 3. The van der Waals surface area contributed by atoms with E-state index in [0.717, 1.165) is 32.1 Å². The first-order chi connectivity index (χ1) is 19.9. The number of ether oxygens (including phenoxy) is 1. The summed E-state index contributed by atoms with van der Waals surface area (Å²) < 4.78 is 5.26. The van der Waals surface area contributed by atoms with Crippen molar-refractivity contribution in [3.05, 3.63) is 60.8 Å². The highest BCUT2D eigenvalue weighted by Crippen LogP contribution is 2.24. The van der Waals surface area contributed by atoms with E-state index in [1.165, 1.54) is 6.92 Å². The number of esters is 1. The van der Waals surface area contributed by atoms with Crippen molar-refractivity contribution in [3.63, 3.8) is 0 Å². The second-order valence-electron chi connectivity index (χ2n) is 10.5. The fourth-order valence-corrected chi connectivity index (χ4v) is 3.92. The van der Waals surface area contributed by atoms with Crippen LogP contribution in [0.1, 0.15) is 98.3 Å². The minimum atomic E-state index is -2.48. The first kappa shape index (κ1) is 38.2. The summed E-state index contributed by atoms with van der Waals surface area (Å²) in [6.07, 6.45) is 24.3. The van der Waals surface area contributed by atoms with Gasteiger partial charge in [0.2, 0.25) is 5.60 Å². The van der Waals surface area contributed by atoms with Gasteiger partial charge in [-0.1, -0.05) is 81.5 Å². The quantitative estimate of drug-likeness (QED) is 0.0721. The first-order valence-corrected chi connectivity index (χ1v) is 14.6. The van der Waals surface area contributed by atoms with Gasteiger partial charge in [0.25, 0.3) is 5.91 Å². The summed E-state index contributed by atoms with van der Waals surface area (Å²) in [4.78, 5) is 60.8. The number of carboxylic acids is 2. The lowest BCUT2D eigenvalue weighted by Gasteiger charge is -2.31. The summed E-state index contributed by atoms with van der Waals surface area (Å²) in [5, 5.41) is 21.2. The van der Waals surface area contributed by atoms with Gasteiger partial charge in [-0.15, -0.1) is 0 Å². The molecular weight excluding hydrogens is 538 g/mol. The zero-order valence-electron chi connectivity index (χ0n) is 25.6. The molecule has 0 heterocycles. The van der Waals surface area contributed by atoms with Gasteiger partial charge in [-0.3, -0.25) is 24.0 Å². The number of rotatable bonds is 23. The van der Waals surface area contributed by atoms with Crippen LogP contribution < -0.4 is 5.32 Å². The molecule has 0 radical (unpaired) electrons. The molecule has 9 heteroatoms. The molecule has 0 fully saturated rings. The Bertz CT molecular complexity index is 988. The molecule has 1 amide bonds. The summed E-state index contributed by atoms with van der Waals surface area (Å²) in [7, 11) is 0. The molecule has 234 valence electrons. The third-order valence-corrected chi connectivity index (χ3v) is 6.01. The Kier molecular flexibility index (Phi) is 20.8. The maximum Gasteiger partial charge on any atom is 0.308 e. The number of nitrogens with one attached hydrogen (secondary N) is 1. The van der Waals surface area contributed by atoms with Crippen molar-refractivity contribution in [2.45, 2.75) is 110 Å². The largest absolute Gasteiger partial charge is 0.481 e. The number of hydrogen-bond acceptors (Lipinski definition) is 6. The van der Waals surface area contributed by atoms with E-state index in [4.69, 9.17) is 4.74 Å². The van der Waals surface area contributed by atoms with Gasteiger partial charge >= 0.3 is 17.9 Å². The number of hydrogen-bond donors (Lipinski definition) is 3. The number of carbonyl (C=O) groups is 5. The van der Waals surface area contributed by atoms with E-state index in [2.05, 4.69) is 54.8 Å². The number of ketones is 1. The van der Waals surface area contributed by atoms with Gasteiger partial charge in [0.05, 0.1) is 18.9 Å². The standard InChI is InChI=1S/C33H49NO8/c1-5-6-7-8-9-10-11-12-13-14-15-16-17-18-19-20-21-22-31(40)42-33(24-29(36)37,25-30(38)39)32(41)34-28(27(4)35)23-26(2)3/h6-7,9-10,12-13,15-16,18-19,26,28H,5,8,11,14,17,20-25H2,1-4H3,(H,34,41)(H,36,37)(H,38,39)/b7-6-,10-9-,13-12-,16-15-,19-18-/t28-/m0/s1. The SMILES string of the molecule is CC/C=C\C/C=C\C/C=C\C/C=C\C/C=C\CCCC(=O)OC(CC(=O)O)(CC(=O)O)C(=O)N[C@@H](CC(C)C)C(C)=O. The lowest BCUT2D eigenvalue weighted by atomic mass is 9.92. The molecule has 3 N–H and O–H groups in total. The molecular formula is C33H49NO8. The highest BCUT2D eigenvalue weighted by molar-refractivity contribution is 5.97. The average molecular weight is 588 g/mol. The molecule has 0 aromatic rings. The van der Waals surface area contributed by atoms with Crippen molar-refractivity contribution < 1.29 is 38.9 Å². The molecule has 1 atom stereocenters. The normalized spacial score (nSPS) is 13.2. The summed E-state index contributed by atoms with van der Waals surface area (Å²) in [5.41, 5.74) is -2.48. The van der Waals surface area contributed by atoms with Gasteiger partial charge in [0, 0.05) is 6.42 Å². The number of allylic oxidation sites excluding steroid dienone is 10. The number of amides is 1. The zero-order valence-corrected chi connectivity index (χ0v) is 25.6. The van der Waals surface area contributed by atoms with Crippen LogP contribution in [0.15, 0.2) is 60.8 Å². The Morgan fingerprint density at radius 1 is 0.762 bits per heavy atom. The van der Waals surface area contributed by atoms with E-state index in [1.807, 2.05) is 32.1 Å². The van der Waals surface area contributed by atoms with Crippen molar-refractivity contribution >= 4 is 29.6 Å². The molecule has 0 rings (SSSR count). The molecule has 0 spiro atoms. The Morgan fingerprint density at radius 2 is 1.21 bits per heavy atom. The van der Waals surface area contributed by atoms with Crippen molar-refractivity contribution in [1.29, 1.82) is 0 Å². The van der Waals surface area contributed by atoms with Crippen molar-refractivity contribution in [2.75, 3.05) is 0 Å². The van der Waals surface area contributed by atoms with Crippen molar-refractivity contribution in [3.8, 4) is 0 Å². The van der Waals surface area contributed by atoms with Crippen molar-refractivity contribution in [1.82, 2.24) is 5.32 Å². The molecule has 0 bridgehead atoms. The zero-order chi connectivity index (χ0) is 31.8. The molecule has 0 saturated carbocycles. The maximum absolute atomic E-state index is 13.1. The van der Waals surface area contributed by atoms with Gasteiger partial charge < -0.3 is 20.3 Å². The monoisotopic (exact) mass is 587 g/mol. The van der Waals surface area contributed by atoms with Crippen LogP contribution in [0.3, 0.4) is 0 Å². The summed E-state index contributed by atoms with van der Waals surface area (Å²) >= 11 is 0. The van der Waals surface area contributed by atoms with Crippen LogP contribution in [-0.2, 0) is 28.7 Å². The third kappa shape index (κ3) is 19.3. The van der Waals surface area contributed by atoms with Gasteiger partial charge in [0.15, 0.2) is 5.78 Å². The minimum absolute atomic E-state index is 0.0195. The molecule has 42 heavy (non-hydrogen) atoms. The second-order valence-corrected chi connectivity index (χ2v) is 10.5. The second kappa shape index (κ2) is 22.9. The highest BCUT2D eigenvalue weighted by Gasteiger charge is 2.47. The van der Waals surface area contributed by atoms with Crippen LogP contribution in [0.2, 0.25) is 0 Å². The minimum Gasteiger partial charge on any atom is -0.481 e. The molecule has 0 unspecified atom stereocenters. The summed E-state index contributed by atoms with van der Waals surface area (Å²) in [5.74, 6) is -5.38. The molecule has 0 aliphatic heterocycles. The van der Waals surface area contributed by atoms with E-state index >= 15 is 0 Å². The number of aliphatic carboxylic acids is 2. The van der Waals surface area contributed by atoms with Gasteiger partial charge in [-0.2, -0.15) is 0 Å². The number of carboxylic acid groups (broad SMARTS) is 2. The van der Waals surface area contributed by atoms with Gasteiger partial charge in [0.1, 0.15) is 0 Å². The molecule has 0 aromatic carbocycles. The van der Waals surface area contributed by atoms with Gasteiger partial charge in [-0.05, 0) is 64.2 Å². The van der Waals surface area contributed by atoms with E-state index < -0.39 is 48.3 Å². The molecule has 0 saturated heterocycles. The van der Waals surface area contributed by atoms with E-state index in [1.54, 1.807) is 0 Å². The summed E-state index contributed by atoms with van der Waals surface area (Å²) in [6.45, 7) is 7.05. The highest BCUT2D eigenvalue weighted by atomic mass is 16.6. The average Bonchev–Trinajstić information content (AvgIpc) is 2.88. The Balaban J connectivity index is 4.84. The maximum atomic E-state index is 13.1. The molecule has 0 aliphatic rings. The van der Waals surface area contributed by atoms with Gasteiger partial charge in [-0.25, -0.2) is 0 Å². The van der Waals surface area contributed by atoms with Crippen LogP contribution in [0.5, 0.6) is 0 Å².